The van der Waals surface area contributed by atoms with Crippen molar-refractivity contribution in [2.24, 2.45) is 0 Å². The predicted molar refractivity (Wildman–Crippen MR) is 57.1 cm³/mol. The summed E-state index contributed by atoms with van der Waals surface area (Å²) in [5, 5.41) is 2.75. The Morgan fingerprint density at radius 3 is 2.36 bits per heavy atom. The summed E-state index contributed by atoms with van der Waals surface area (Å²) in [5.41, 5.74) is 0. The Morgan fingerprint density at radius 1 is 1.07 bits per heavy atom. The summed E-state index contributed by atoms with van der Waals surface area (Å²) in [6.45, 7) is 4.45. The predicted octanol–water partition coefficient (Wildman–Crippen LogP) is 2.05. The van der Waals surface area contributed by atoms with E-state index in [1.54, 1.807) is 0 Å². The lowest BCUT2D eigenvalue weighted by molar-refractivity contribution is -0.121. The van der Waals surface area contributed by atoms with E-state index >= 15 is 0 Å². The first-order chi connectivity index (χ1) is 6.70. The molecule has 82 valence electrons. The van der Waals surface area contributed by atoms with Gasteiger partial charge in [0.25, 0.3) is 0 Å². The second kappa shape index (κ2) is 8.73. The second-order valence-electron chi connectivity index (χ2n) is 3.45. The summed E-state index contributed by atoms with van der Waals surface area (Å²) in [5.74, 6) is 0.279. The zero-order chi connectivity index (χ0) is 10.8. The molecule has 0 aromatic carbocycles. The molecular formula is C11H21NO2. The van der Waals surface area contributed by atoms with Crippen LogP contribution in [0.2, 0.25) is 0 Å². The minimum atomic E-state index is 0.0716. The van der Waals surface area contributed by atoms with Gasteiger partial charge in [0.15, 0.2) is 0 Å². The fourth-order valence-corrected chi connectivity index (χ4v) is 1.14. The van der Waals surface area contributed by atoms with Gasteiger partial charge < -0.3 is 5.32 Å². The van der Waals surface area contributed by atoms with Gasteiger partial charge in [-0.3, -0.25) is 9.59 Å². The van der Waals surface area contributed by atoms with Crippen LogP contribution in [0, 0.1) is 0 Å². The highest BCUT2D eigenvalue weighted by molar-refractivity contribution is 5.80. The van der Waals surface area contributed by atoms with Crippen LogP contribution in [0.4, 0.5) is 0 Å². The number of carbonyl (C=O) groups excluding carboxylic acids is 2. The van der Waals surface area contributed by atoms with Gasteiger partial charge in [-0.15, -0.1) is 0 Å². The molecular weight excluding hydrogens is 178 g/mol. The third-order valence-corrected chi connectivity index (χ3v) is 2.13. The Balaban J connectivity index is 3.31. The van der Waals surface area contributed by atoms with Gasteiger partial charge >= 0.3 is 0 Å². The molecule has 3 nitrogen and oxygen atoms in total. The minimum absolute atomic E-state index is 0.0716. The Hall–Kier alpha value is -0.860. The molecule has 0 heterocycles. The molecule has 0 saturated carbocycles. The van der Waals surface area contributed by atoms with Gasteiger partial charge in [0.1, 0.15) is 5.78 Å². The Kier molecular flexibility index (Phi) is 8.19. The lowest BCUT2D eigenvalue weighted by Gasteiger charge is -2.03. The van der Waals surface area contributed by atoms with Gasteiger partial charge in [0.05, 0.1) is 0 Å². The van der Waals surface area contributed by atoms with Crippen molar-refractivity contribution in [1.29, 1.82) is 0 Å². The molecule has 0 aliphatic rings. The molecule has 3 heteroatoms. The SMILES string of the molecule is CCCCCC(=O)NCCC(=O)CC. The Bertz CT molecular complexity index is 178. The van der Waals surface area contributed by atoms with Crippen molar-refractivity contribution >= 4 is 11.7 Å². The van der Waals surface area contributed by atoms with Crippen molar-refractivity contribution in [3.63, 3.8) is 0 Å². The smallest absolute Gasteiger partial charge is 0.220 e. The van der Waals surface area contributed by atoms with E-state index in [1.807, 2.05) is 6.92 Å². The summed E-state index contributed by atoms with van der Waals surface area (Å²) in [4.78, 5) is 22.1. The van der Waals surface area contributed by atoms with Crippen LogP contribution < -0.4 is 5.32 Å². The monoisotopic (exact) mass is 199 g/mol. The number of amides is 1. The van der Waals surface area contributed by atoms with Gasteiger partial charge in [-0.1, -0.05) is 26.7 Å². The third kappa shape index (κ3) is 7.77. The standard InChI is InChI=1S/C11H21NO2/c1-3-5-6-7-11(14)12-9-8-10(13)4-2/h3-9H2,1-2H3,(H,12,14). The molecule has 0 saturated heterocycles. The van der Waals surface area contributed by atoms with E-state index in [9.17, 15) is 9.59 Å². The summed E-state index contributed by atoms with van der Waals surface area (Å²) < 4.78 is 0. The molecule has 0 aliphatic heterocycles. The van der Waals surface area contributed by atoms with Crippen LogP contribution in [0.3, 0.4) is 0 Å². The van der Waals surface area contributed by atoms with E-state index in [2.05, 4.69) is 12.2 Å². The van der Waals surface area contributed by atoms with Gasteiger partial charge in [0, 0.05) is 25.8 Å². The van der Waals surface area contributed by atoms with Crippen LogP contribution in [-0.4, -0.2) is 18.2 Å². The van der Waals surface area contributed by atoms with E-state index in [-0.39, 0.29) is 11.7 Å². The average molecular weight is 199 g/mol. The zero-order valence-corrected chi connectivity index (χ0v) is 9.27. The van der Waals surface area contributed by atoms with Crippen molar-refractivity contribution < 1.29 is 9.59 Å². The Morgan fingerprint density at radius 2 is 1.79 bits per heavy atom. The summed E-state index contributed by atoms with van der Waals surface area (Å²) in [6, 6.07) is 0. The maximum atomic E-state index is 11.2. The van der Waals surface area contributed by atoms with Gasteiger partial charge in [0.2, 0.25) is 5.91 Å². The van der Waals surface area contributed by atoms with Crippen LogP contribution in [0.1, 0.15) is 52.4 Å². The highest BCUT2D eigenvalue weighted by Gasteiger charge is 2.01. The van der Waals surface area contributed by atoms with Crippen molar-refractivity contribution in [2.75, 3.05) is 6.54 Å². The van der Waals surface area contributed by atoms with Gasteiger partial charge in [-0.05, 0) is 6.42 Å². The van der Waals surface area contributed by atoms with Crippen molar-refractivity contribution in [1.82, 2.24) is 5.32 Å². The molecule has 0 spiro atoms. The second-order valence-corrected chi connectivity index (χ2v) is 3.45. The zero-order valence-electron chi connectivity index (χ0n) is 9.27. The van der Waals surface area contributed by atoms with Crippen LogP contribution >= 0.6 is 0 Å². The summed E-state index contributed by atoms with van der Waals surface area (Å²) in [7, 11) is 0. The number of rotatable bonds is 8. The quantitative estimate of drug-likeness (QED) is 0.608. The van der Waals surface area contributed by atoms with Crippen molar-refractivity contribution in [2.45, 2.75) is 52.4 Å². The molecule has 1 N–H and O–H groups in total. The first kappa shape index (κ1) is 13.1. The van der Waals surface area contributed by atoms with E-state index in [4.69, 9.17) is 0 Å². The lowest BCUT2D eigenvalue weighted by Crippen LogP contribution is -2.25. The Labute approximate surface area is 86.3 Å². The number of hydrogen-bond acceptors (Lipinski definition) is 2. The van der Waals surface area contributed by atoms with Crippen molar-refractivity contribution in [3.05, 3.63) is 0 Å². The van der Waals surface area contributed by atoms with Crippen molar-refractivity contribution in [3.8, 4) is 0 Å². The number of carbonyl (C=O) groups is 2. The molecule has 0 atom stereocenters. The third-order valence-electron chi connectivity index (χ3n) is 2.13. The van der Waals surface area contributed by atoms with Crippen LogP contribution in [0.15, 0.2) is 0 Å². The number of ketones is 1. The molecule has 14 heavy (non-hydrogen) atoms. The van der Waals surface area contributed by atoms with Gasteiger partial charge in [-0.25, -0.2) is 0 Å². The number of unbranched alkanes of at least 4 members (excludes halogenated alkanes) is 2. The molecule has 0 aromatic heterocycles. The fourth-order valence-electron chi connectivity index (χ4n) is 1.14. The average Bonchev–Trinajstić information content (AvgIpc) is 2.18. The summed E-state index contributed by atoms with van der Waals surface area (Å²) >= 11 is 0. The van der Waals surface area contributed by atoms with E-state index in [0.29, 0.717) is 25.8 Å². The molecule has 0 fully saturated rings. The highest BCUT2D eigenvalue weighted by atomic mass is 16.1. The lowest BCUT2D eigenvalue weighted by atomic mass is 10.2. The van der Waals surface area contributed by atoms with Crippen LogP contribution in [0.25, 0.3) is 0 Å². The van der Waals surface area contributed by atoms with Crippen LogP contribution in [0.5, 0.6) is 0 Å². The largest absolute Gasteiger partial charge is 0.356 e. The number of nitrogens with one attached hydrogen (secondary N) is 1. The topological polar surface area (TPSA) is 46.2 Å². The maximum Gasteiger partial charge on any atom is 0.220 e. The maximum absolute atomic E-state index is 11.2. The molecule has 0 rings (SSSR count). The number of Topliss-reactive ketones (excluding diaryl/α,β-unsaturated/α-hetero) is 1. The summed E-state index contributed by atoms with van der Waals surface area (Å²) in [6.07, 6.45) is 4.79. The van der Waals surface area contributed by atoms with E-state index in [1.165, 1.54) is 0 Å². The van der Waals surface area contributed by atoms with E-state index < -0.39 is 0 Å². The first-order valence-electron chi connectivity index (χ1n) is 5.49. The highest BCUT2D eigenvalue weighted by Crippen LogP contribution is 1.98. The minimum Gasteiger partial charge on any atom is -0.356 e. The molecule has 0 radical (unpaired) electrons. The molecule has 0 aliphatic carbocycles. The van der Waals surface area contributed by atoms with E-state index in [0.717, 1.165) is 19.3 Å². The first-order valence-corrected chi connectivity index (χ1v) is 5.49. The molecule has 0 unspecified atom stereocenters. The van der Waals surface area contributed by atoms with Crippen LogP contribution in [-0.2, 0) is 9.59 Å². The fraction of sp³-hybridized carbons (Fsp3) is 0.818. The molecule has 0 aromatic rings. The molecule has 1 amide bonds. The van der Waals surface area contributed by atoms with Gasteiger partial charge in [-0.2, -0.15) is 0 Å². The normalized spacial score (nSPS) is 9.86. The number of hydrogen-bond donors (Lipinski definition) is 1. The molecule has 0 bridgehead atoms.